The highest BCUT2D eigenvalue weighted by Gasteiger charge is 2.15. The number of nitrogens with one attached hydrogen (secondary N) is 1. The molecule has 0 bridgehead atoms. The minimum Gasteiger partial charge on any atom is -0.311 e. The zero-order valence-corrected chi connectivity index (χ0v) is 9.33. The molecule has 84 valence electrons. The Labute approximate surface area is 98.8 Å². The molecule has 5 heteroatoms. The fourth-order valence-corrected chi connectivity index (χ4v) is 1.50. The van der Waals surface area contributed by atoms with Crippen LogP contribution in [0.15, 0.2) is 18.2 Å². The minimum atomic E-state index is -0.440. The fourth-order valence-electron chi connectivity index (χ4n) is 1.27. The molecule has 4 nitrogen and oxygen atoms in total. The van der Waals surface area contributed by atoms with Crippen LogP contribution in [0.3, 0.4) is 0 Å². The lowest BCUT2D eigenvalue weighted by molar-refractivity contribution is -0.385. The molecule has 0 aliphatic rings. The summed E-state index contributed by atoms with van der Waals surface area (Å²) >= 11 is 5.90. The van der Waals surface area contributed by atoms with Crippen LogP contribution in [0.25, 0.3) is 0 Å². The molecule has 0 aliphatic heterocycles. The number of nitrogens with zero attached hydrogens (tertiary/aromatic N) is 1. The van der Waals surface area contributed by atoms with Gasteiger partial charge in [-0.15, -0.1) is 12.3 Å². The lowest BCUT2D eigenvalue weighted by Gasteiger charge is -2.05. The summed E-state index contributed by atoms with van der Waals surface area (Å²) in [4.78, 5) is 10.3. The van der Waals surface area contributed by atoms with Gasteiger partial charge in [0.15, 0.2) is 0 Å². The highest BCUT2D eigenvalue weighted by Crippen LogP contribution is 2.25. The molecule has 0 saturated carbocycles. The number of hydrogen-bond donors (Lipinski definition) is 1. The van der Waals surface area contributed by atoms with E-state index in [9.17, 15) is 10.1 Å². The van der Waals surface area contributed by atoms with Crippen LogP contribution in [0.5, 0.6) is 0 Å². The van der Waals surface area contributed by atoms with Crippen LogP contribution in [-0.2, 0) is 6.54 Å². The average Bonchev–Trinajstić information content (AvgIpc) is 2.25. The molecule has 0 radical (unpaired) electrons. The second kappa shape index (κ2) is 6.11. The second-order valence-corrected chi connectivity index (χ2v) is 3.53. The zero-order chi connectivity index (χ0) is 12.0. The van der Waals surface area contributed by atoms with Crippen LogP contribution in [0.4, 0.5) is 5.69 Å². The van der Waals surface area contributed by atoms with Crippen molar-refractivity contribution in [2.45, 2.75) is 13.0 Å². The Balaban J connectivity index is 2.77. The molecular formula is C11H11ClN2O2. The average molecular weight is 239 g/mol. The van der Waals surface area contributed by atoms with Crippen LogP contribution in [0.1, 0.15) is 12.0 Å². The molecule has 0 heterocycles. The summed E-state index contributed by atoms with van der Waals surface area (Å²) in [5.74, 6) is 2.48. The second-order valence-electron chi connectivity index (χ2n) is 3.13. The Bertz CT molecular complexity index is 426. The van der Waals surface area contributed by atoms with Crippen molar-refractivity contribution in [1.29, 1.82) is 0 Å². The van der Waals surface area contributed by atoms with Gasteiger partial charge in [-0.25, -0.2) is 0 Å². The molecule has 0 spiro atoms. The highest BCUT2D eigenvalue weighted by molar-refractivity contribution is 6.31. The Hall–Kier alpha value is -1.57. The molecule has 0 aromatic heterocycles. The van der Waals surface area contributed by atoms with Crippen LogP contribution in [0.2, 0.25) is 5.02 Å². The zero-order valence-electron chi connectivity index (χ0n) is 8.57. The summed E-state index contributed by atoms with van der Waals surface area (Å²) in [6, 6.07) is 4.63. The van der Waals surface area contributed by atoms with Gasteiger partial charge in [-0.3, -0.25) is 10.1 Å². The van der Waals surface area contributed by atoms with Gasteiger partial charge in [0.1, 0.15) is 0 Å². The van der Waals surface area contributed by atoms with Gasteiger partial charge in [-0.1, -0.05) is 17.7 Å². The number of benzene rings is 1. The lowest BCUT2D eigenvalue weighted by atomic mass is 10.2. The van der Waals surface area contributed by atoms with E-state index in [0.717, 1.165) is 0 Å². The van der Waals surface area contributed by atoms with Crippen LogP contribution >= 0.6 is 11.6 Å². The van der Waals surface area contributed by atoms with Gasteiger partial charge in [0.25, 0.3) is 5.69 Å². The largest absolute Gasteiger partial charge is 0.311 e. The Morgan fingerprint density at radius 3 is 2.94 bits per heavy atom. The van der Waals surface area contributed by atoms with E-state index < -0.39 is 4.92 Å². The number of halogens is 1. The smallest absolute Gasteiger partial charge is 0.275 e. The van der Waals surface area contributed by atoms with Gasteiger partial charge < -0.3 is 5.32 Å². The maximum absolute atomic E-state index is 10.7. The van der Waals surface area contributed by atoms with E-state index in [1.165, 1.54) is 6.07 Å². The van der Waals surface area contributed by atoms with Gasteiger partial charge in [-0.05, 0) is 6.07 Å². The summed E-state index contributed by atoms with van der Waals surface area (Å²) in [5, 5.41) is 14.1. The first-order valence-electron chi connectivity index (χ1n) is 4.72. The third-order valence-corrected chi connectivity index (χ3v) is 2.39. The van der Waals surface area contributed by atoms with Crippen molar-refractivity contribution in [3.05, 3.63) is 38.9 Å². The molecule has 0 atom stereocenters. The summed E-state index contributed by atoms with van der Waals surface area (Å²) < 4.78 is 0. The third-order valence-electron chi connectivity index (χ3n) is 2.04. The maximum atomic E-state index is 10.7. The number of nitro groups is 1. The van der Waals surface area contributed by atoms with Crippen molar-refractivity contribution in [2.75, 3.05) is 6.54 Å². The Kier molecular flexibility index (Phi) is 4.77. The first-order chi connectivity index (χ1) is 7.66. The van der Waals surface area contributed by atoms with E-state index in [-0.39, 0.29) is 5.69 Å². The normalized spacial score (nSPS) is 9.75. The summed E-state index contributed by atoms with van der Waals surface area (Å²) in [5.41, 5.74) is 0.520. The first kappa shape index (κ1) is 12.5. The summed E-state index contributed by atoms with van der Waals surface area (Å²) in [6.45, 7) is 0.955. The molecule has 0 fully saturated rings. The lowest BCUT2D eigenvalue weighted by Crippen LogP contribution is -2.15. The van der Waals surface area contributed by atoms with Crippen molar-refractivity contribution in [2.24, 2.45) is 0 Å². The number of terminal acetylenes is 1. The summed E-state index contributed by atoms with van der Waals surface area (Å²) in [6.07, 6.45) is 5.67. The van der Waals surface area contributed by atoms with E-state index in [0.29, 0.717) is 30.1 Å². The van der Waals surface area contributed by atoms with Crippen molar-refractivity contribution >= 4 is 17.3 Å². The summed E-state index contributed by atoms with van der Waals surface area (Å²) in [7, 11) is 0. The Morgan fingerprint density at radius 2 is 2.31 bits per heavy atom. The molecule has 16 heavy (non-hydrogen) atoms. The van der Waals surface area contributed by atoms with Crippen molar-refractivity contribution < 1.29 is 4.92 Å². The molecular weight excluding hydrogens is 228 g/mol. The predicted octanol–water partition coefficient (Wildman–Crippen LogP) is 2.36. The van der Waals surface area contributed by atoms with Gasteiger partial charge in [0, 0.05) is 25.6 Å². The van der Waals surface area contributed by atoms with Crippen LogP contribution in [-0.4, -0.2) is 11.5 Å². The number of rotatable bonds is 5. The van der Waals surface area contributed by atoms with Gasteiger partial charge in [0.05, 0.1) is 15.5 Å². The predicted molar refractivity (Wildman–Crippen MR) is 63.3 cm³/mol. The molecule has 1 aromatic carbocycles. The molecule has 0 unspecified atom stereocenters. The first-order valence-corrected chi connectivity index (χ1v) is 5.10. The monoisotopic (exact) mass is 238 g/mol. The highest BCUT2D eigenvalue weighted by atomic mass is 35.5. The van der Waals surface area contributed by atoms with Gasteiger partial charge in [-0.2, -0.15) is 0 Å². The minimum absolute atomic E-state index is 0.0284. The molecule has 0 amide bonds. The van der Waals surface area contributed by atoms with Crippen molar-refractivity contribution in [3.63, 3.8) is 0 Å². The number of nitro benzene ring substituents is 1. The molecule has 1 rings (SSSR count). The van der Waals surface area contributed by atoms with E-state index >= 15 is 0 Å². The topological polar surface area (TPSA) is 55.2 Å². The van der Waals surface area contributed by atoms with Gasteiger partial charge in [0.2, 0.25) is 0 Å². The van der Waals surface area contributed by atoms with E-state index in [1.807, 2.05) is 0 Å². The molecule has 0 aliphatic carbocycles. The van der Waals surface area contributed by atoms with Gasteiger partial charge >= 0.3 is 0 Å². The molecule has 0 saturated heterocycles. The molecule has 1 N–H and O–H groups in total. The number of hydrogen-bond acceptors (Lipinski definition) is 3. The third kappa shape index (κ3) is 3.23. The van der Waals surface area contributed by atoms with Crippen LogP contribution in [0, 0.1) is 22.5 Å². The molecule has 1 aromatic rings. The quantitative estimate of drug-likeness (QED) is 0.371. The standard InChI is InChI=1S/C11H11ClN2O2/c1-2-3-7-13-8-9-10(12)5-4-6-11(9)14(15)16/h1,4-6,13H,3,7-8H2. The fraction of sp³-hybridized carbons (Fsp3) is 0.273. The van der Waals surface area contributed by atoms with Crippen molar-refractivity contribution in [1.82, 2.24) is 5.32 Å². The maximum Gasteiger partial charge on any atom is 0.275 e. The Morgan fingerprint density at radius 1 is 1.56 bits per heavy atom. The van der Waals surface area contributed by atoms with Crippen molar-refractivity contribution in [3.8, 4) is 12.3 Å². The van der Waals surface area contributed by atoms with E-state index in [4.69, 9.17) is 18.0 Å². The van der Waals surface area contributed by atoms with E-state index in [2.05, 4.69) is 11.2 Å². The van der Waals surface area contributed by atoms with Crippen LogP contribution < -0.4 is 5.32 Å². The SMILES string of the molecule is C#CCCNCc1c(Cl)cccc1[N+](=O)[O-]. The van der Waals surface area contributed by atoms with E-state index in [1.54, 1.807) is 12.1 Å².